The van der Waals surface area contributed by atoms with Crippen molar-refractivity contribution in [2.75, 3.05) is 6.61 Å². The van der Waals surface area contributed by atoms with Gasteiger partial charge < -0.3 is 4.74 Å². The number of rotatable bonds is 4. The molecule has 94 valence electrons. The van der Waals surface area contributed by atoms with Gasteiger partial charge in [0.15, 0.2) is 0 Å². The molecule has 0 aliphatic rings. The molecular formula is C13H12BrNO2S. The number of thiazole rings is 1. The summed E-state index contributed by atoms with van der Waals surface area (Å²) in [6, 6.07) is 7.93. The van der Waals surface area contributed by atoms with Crippen molar-refractivity contribution < 1.29 is 9.53 Å². The molecule has 0 atom stereocenters. The van der Waals surface area contributed by atoms with Crippen LogP contribution in [0, 0.1) is 0 Å². The SMILES string of the molecule is CCOC(=O)Cc1nc(-c2cccc(Br)c2)cs1. The van der Waals surface area contributed by atoms with E-state index in [4.69, 9.17) is 4.74 Å². The minimum atomic E-state index is -0.229. The zero-order valence-electron chi connectivity index (χ0n) is 9.85. The Kier molecular flexibility index (Phi) is 4.49. The number of hydrogen-bond acceptors (Lipinski definition) is 4. The summed E-state index contributed by atoms with van der Waals surface area (Å²) in [5.41, 5.74) is 1.93. The van der Waals surface area contributed by atoms with Crippen molar-refractivity contribution in [2.45, 2.75) is 13.3 Å². The average Bonchev–Trinajstić information content (AvgIpc) is 2.78. The highest BCUT2D eigenvalue weighted by Crippen LogP contribution is 2.24. The topological polar surface area (TPSA) is 39.2 Å². The average molecular weight is 326 g/mol. The van der Waals surface area contributed by atoms with E-state index in [-0.39, 0.29) is 12.4 Å². The Hall–Kier alpha value is -1.20. The third-order valence-corrected chi connectivity index (χ3v) is 3.62. The summed E-state index contributed by atoms with van der Waals surface area (Å²) in [5, 5.41) is 2.74. The lowest BCUT2D eigenvalue weighted by Crippen LogP contribution is -2.07. The molecule has 0 fully saturated rings. The van der Waals surface area contributed by atoms with E-state index in [1.807, 2.05) is 29.6 Å². The van der Waals surface area contributed by atoms with Crippen molar-refractivity contribution >= 4 is 33.2 Å². The van der Waals surface area contributed by atoms with Gasteiger partial charge in [-0.25, -0.2) is 4.98 Å². The second-order valence-corrected chi connectivity index (χ2v) is 5.48. The predicted molar refractivity (Wildman–Crippen MR) is 75.6 cm³/mol. The fourth-order valence-electron chi connectivity index (χ4n) is 1.51. The quantitative estimate of drug-likeness (QED) is 0.805. The van der Waals surface area contributed by atoms with Crippen LogP contribution >= 0.6 is 27.3 Å². The van der Waals surface area contributed by atoms with Gasteiger partial charge in [-0.3, -0.25) is 4.79 Å². The van der Waals surface area contributed by atoms with Crippen molar-refractivity contribution in [3.8, 4) is 11.3 Å². The Labute approximate surface area is 118 Å². The molecule has 0 aliphatic heterocycles. The lowest BCUT2D eigenvalue weighted by atomic mass is 10.2. The van der Waals surface area contributed by atoms with Crippen molar-refractivity contribution in [1.82, 2.24) is 4.98 Å². The fourth-order valence-corrected chi connectivity index (χ4v) is 2.70. The molecule has 0 N–H and O–H groups in total. The summed E-state index contributed by atoms with van der Waals surface area (Å²) >= 11 is 4.91. The van der Waals surface area contributed by atoms with E-state index >= 15 is 0 Å². The molecule has 0 amide bonds. The maximum absolute atomic E-state index is 11.3. The summed E-state index contributed by atoms with van der Waals surface area (Å²) in [6.45, 7) is 2.20. The molecule has 0 saturated heterocycles. The number of aromatic nitrogens is 1. The van der Waals surface area contributed by atoms with Gasteiger partial charge in [0.25, 0.3) is 0 Å². The highest BCUT2D eigenvalue weighted by Gasteiger charge is 2.09. The molecular weight excluding hydrogens is 314 g/mol. The van der Waals surface area contributed by atoms with Crippen molar-refractivity contribution in [2.24, 2.45) is 0 Å². The Morgan fingerprint density at radius 3 is 3.06 bits per heavy atom. The Morgan fingerprint density at radius 2 is 2.33 bits per heavy atom. The number of hydrogen-bond donors (Lipinski definition) is 0. The number of ether oxygens (including phenoxy) is 1. The van der Waals surface area contributed by atoms with Gasteiger partial charge in [0.2, 0.25) is 0 Å². The van der Waals surface area contributed by atoms with Crippen molar-refractivity contribution in [1.29, 1.82) is 0 Å². The van der Waals surface area contributed by atoms with Crippen LogP contribution in [-0.2, 0) is 16.0 Å². The number of halogens is 1. The van der Waals surface area contributed by atoms with Gasteiger partial charge in [-0.1, -0.05) is 28.1 Å². The van der Waals surface area contributed by atoms with Crippen LogP contribution in [0.5, 0.6) is 0 Å². The summed E-state index contributed by atoms with van der Waals surface area (Å²) in [5.74, 6) is -0.229. The van der Waals surface area contributed by atoms with E-state index in [0.29, 0.717) is 6.61 Å². The van der Waals surface area contributed by atoms with E-state index < -0.39 is 0 Å². The van der Waals surface area contributed by atoms with E-state index in [2.05, 4.69) is 20.9 Å². The minimum Gasteiger partial charge on any atom is -0.466 e. The van der Waals surface area contributed by atoms with Crippen LogP contribution in [0.1, 0.15) is 11.9 Å². The number of benzene rings is 1. The molecule has 0 aliphatic carbocycles. The first-order chi connectivity index (χ1) is 8.69. The molecule has 5 heteroatoms. The lowest BCUT2D eigenvalue weighted by molar-refractivity contribution is -0.142. The molecule has 2 aromatic rings. The van der Waals surface area contributed by atoms with Crippen molar-refractivity contribution in [3.63, 3.8) is 0 Å². The van der Waals surface area contributed by atoms with Crippen LogP contribution in [0.25, 0.3) is 11.3 Å². The molecule has 0 radical (unpaired) electrons. The maximum Gasteiger partial charge on any atom is 0.312 e. The molecule has 18 heavy (non-hydrogen) atoms. The zero-order chi connectivity index (χ0) is 13.0. The first-order valence-electron chi connectivity index (χ1n) is 5.55. The number of esters is 1. The first-order valence-corrected chi connectivity index (χ1v) is 7.22. The standard InChI is InChI=1S/C13H12BrNO2S/c1-2-17-13(16)7-12-15-11(8-18-12)9-4-3-5-10(14)6-9/h3-6,8H,2,7H2,1H3. The smallest absolute Gasteiger partial charge is 0.312 e. The van der Waals surface area contributed by atoms with Crippen molar-refractivity contribution in [3.05, 3.63) is 39.1 Å². The Bertz CT molecular complexity index is 553. The molecule has 0 spiro atoms. The highest BCUT2D eigenvalue weighted by molar-refractivity contribution is 9.10. The summed E-state index contributed by atoms with van der Waals surface area (Å²) in [7, 11) is 0. The molecule has 3 nitrogen and oxygen atoms in total. The third kappa shape index (κ3) is 3.40. The van der Waals surface area contributed by atoms with Gasteiger partial charge in [-0.05, 0) is 19.1 Å². The highest BCUT2D eigenvalue weighted by atomic mass is 79.9. The first kappa shape index (κ1) is 13.2. The van der Waals surface area contributed by atoms with Gasteiger partial charge in [-0.2, -0.15) is 0 Å². The van der Waals surface area contributed by atoms with Crippen LogP contribution in [-0.4, -0.2) is 17.6 Å². The van der Waals surface area contributed by atoms with Crippen LogP contribution in [0.4, 0.5) is 0 Å². The largest absolute Gasteiger partial charge is 0.466 e. The summed E-state index contributed by atoms with van der Waals surface area (Å²) in [6.07, 6.45) is 0.243. The van der Waals surface area contributed by atoms with Gasteiger partial charge in [0, 0.05) is 15.4 Å². The van der Waals surface area contributed by atoms with Gasteiger partial charge >= 0.3 is 5.97 Å². The van der Waals surface area contributed by atoms with Crippen LogP contribution in [0.15, 0.2) is 34.1 Å². The van der Waals surface area contributed by atoms with Gasteiger partial charge in [0.1, 0.15) is 5.01 Å². The molecule has 1 heterocycles. The van der Waals surface area contributed by atoms with Crippen LogP contribution in [0.3, 0.4) is 0 Å². The van der Waals surface area contributed by atoms with Gasteiger partial charge in [0.05, 0.1) is 18.7 Å². The minimum absolute atomic E-state index is 0.229. The fraction of sp³-hybridized carbons (Fsp3) is 0.231. The number of carbonyl (C=O) groups is 1. The van der Waals surface area contributed by atoms with Gasteiger partial charge in [-0.15, -0.1) is 11.3 Å². The van der Waals surface area contributed by atoms with E-state index in [9.17, 15) is 4.79 Å². The Morgan fingerprint density at radius 1 is 1.50 bits per heavy atom. The molecule has 0 saturated carbocycles. The Balaban J connectivity index is 2.13. The normalized spacial score (nSPS) is 10.3. The molecule has 2 rings (SSSR count). The lowest BCUT2D eigenvalue weighted by Gasteiger charge is -1.98. The molecule has 0 unspecified atom stereocenters. The van der Waals surface area contributed by atoms with Crippen LogP contribution < -0.4 is 0 Å². The third-order valence-electron chi connectivity index (χ3n) is 2.27. The summed E-state index contributed by atoms with van der Waals surface area (Å²) in [4.78, 5) is 15.8. The number of nitrogens with zero attached hydrogens (tertiary/aromatic N) is 1. The monoisotopic (exact) mass is 325 g/mol. The number of carbonyl (C=O) groups excluding carboxylic acids is 1. The van der Waals surface area contributed by atoms with E-state index in [0.717, 1.165) is 20.7 Å². The summed E-state index contributed by atoms with van der Waals surface area (Å²) < 4.78 is 5.91. The van der Waals surface area contributed by atoms with E-state index in [1.165, 1.54) is 11.3 Å². The van der Waals surface area contributed by atoms with Crippen LogP contribution in [0.2, 0.25) is 0 Å². The second kappa shape index (κ2) is 6.11. The van der Waals surface area contributed by atoms with E-state index in [1.54, 1.807) is 6.92 Å². The molecule has 0 bridgehead atoms. The predicted octanol–water partition coefficient (Wildman–Crippen LogP) is 3.68. The maximum atomic E-state index is 11.3. The molecule has 1 aromatic heterocycles. The molecule has 1 aromatic carbocycles. The second-order valence-electron chi connectivity index (χ2n) is 3.62. The zero-order valence-corrected chi connectivity index (χ0v) is 12.3.